The summed E-state index contributed by atoms with van der Waals surface area (Å²) in [4.78, 5) is 27.4. The first-order chi connectivity index (χ1) is 15.0. The highest BCUT2D eigenvalue weighted by Crippen LogP contribution is 2.25. The van der Waals surface area contributed by atoms with Gasteiger partial charge in [-0.25, -0.2) is 8.42 Å². The minimum absolute atomic E-state index is 0.175. The SMILES string of the molecule is CCNC(=O)[C@H](C)N(Cc1ccc(Br)cc1)C(=O)CN(c1cccc(C)c1C)S(C)(=O)=O. The molecule has 1 N–H and O–H groups in total. The van der Waals surface area contributed by atoms with Crippen LogP contribution in [-0.2, 0) is 26.2 Å². The number of hydrogen-bond acceptors (Lipinski definition) is 4. The van der Waals surface area contributed by atoms with Crippen molar-refractivity contribution in [2.45, 2.75) is 40.3 Å². The third kappa shape index (κ3) is 6.56. The predicted octanol–water partition coefficient (Wildman–Crippen LogP) is 3.39. The number of nitrogens with zero attached hydrogens (tertiary/aromatic N) is 2. The molecule has 0 saturated carbocycles. The lowest BCUT2D eigenvalue weighted by Gasteiger charge is -2.32. The quantitative estimate of drug-likeness (QED) is 0.545. The summed E-state index contributed by atoms with van der Waals surface area (Å²) in [6, 6.07) is 12.0. The normalized spacial score (nSPS) is 12.2. The number of aryl methyl sites for hydroxylation is 1. The fourth-order valence-corrected chi connectivity index (χ4v) is 4.46. The van der Waals surface area contributed by atoms with Crippen molar-refractivity contribution in [3.8, 4) is 0 Å². The van der Waals surface area contributed by atoms with Gasteiger partial charge in [-0.05, 0) is 62.6 Å². The van der Waals surface area contributed by atoms with Crippen molar-refractivity contribution in [1.82, 2.24) is 10.2 Å². The van der Waals surface area contributed by atoms with E-state index < -0.39 is 28.5 Å². The van der Waals surface area contributed by atoms with Crippen molar-refractivity contribution >= 4 is 43.5 Å². The minimum atomic E-state index is -3.74. The molecule has 32 heavy (non-hydrogen) atoms. The maximum atomic E-state index is 13.4. The van der Waals surface area contributed by atoms with E-state index in [-0.39, 0.29) is 12.5 Å². The molecule has 0 saturated heterocycles. The lowest BCUT2D eigenvalue weighted by molar-refractivity contribution is -0.139. The van der Waals surface area contributed by atoms with Gasteiger partial charge in [-0.2, -0.15) is 0 Å². The lowest BCUT2D eigenvalue weighted by atomic mass is 10.1. The van der Waals surface area contributed by atoms with E-state index >= 15 is 0 Å². The van der Waals surface area contributed by atoms with Crippen molar-refractivity contribution in [2.75, 3.05) is 23.7 Å². The Morgan fingerprint density at radius 1 is 1.09 bits per heavy atom. The van der Waals surface area contributed by atoms with Crippen molar-refractivity contribution in [3.05, 3.63) is 63.6 Å². The van der Waals surface area contributed by atoms with Gasteiger partial charge in [0.25, 0.3) is 0 Å². The Morgan fingerprint density at radius 2 is 1.72 bits per heavy atom. The zero-order valence-corrected chi connectivity index (χ0v) is 21.5. The summed E-state index contributed by atoms with van der Waals surface area (Å²) < 4.78 is 27.3. The largest absolute Gasteiger partial charge is 0.355 e. The van der Waals surface area contributed by atoms with Crippen LogP contribution in [0, 0.1) is 13.8 Å². The molecule has 0 spiro atoms. The standard InChI is InChI=1S/C23H30BrN3O4S/c1-6-25-23(29)18(4)26(14-19-10-12-20(24)13-11-19)22(28)15-27(32(5,30)31)21-9-7-8-16(2)17(21)3/h7-13,18H,6,14-15H2,1-5H3,(H,25,29)/t18-/m0/s1. The highest BCUT2D eigenvalue weighted by molar-refractivity contribution is 9.10. The second-order valence-corrected chi connectivity index (χ2v) is 10.5. The molecule has 0 radical (unpaired) electrons. The van der Waals surface area contributed by atoms with Crippen LogP contribution in [0.2, 0.25) is 0 Å². The van der Waals surface area contributed by atoms with Crippen LogP contribution in [0.25, 0.3) is 0 Å². The van der Waals surface area contributed by atoms with Gasteiger partial charge >= 0.3 is 0 Å². The van der Waals surface area contributed by atoms with Crippen LogP contribution in [0.3, 0.4) is 0 Å². The average molecular weight is 524 g/mol. The van der Waals surface area contributed by atoms with Crippen LogP contribution in [0.5, 0.6) is 0 Å². The van der Waals surface area contributed by atoms with Crippen LogP contribution in [0.4, 0.5) is 5.69 Å². The molecular weight excluding hydrogens is 494 g/mol. The molecule has 9 heteroatoms. The molecule has 0 heterocycles. The number of carbonyl (C=O) groups is 2. The molecule has 174 valence electrons. The maximum Gasteiger partial charge on any atom is 0.244 e. The molecule has 2 rings (SSSR count). The molecule has 2 aromatic rings. The highest BCUT2D eigenvalue weighted by Gasteiger charge is 2.30. The average Bonchev–Trinajstić information content (AvgIpc) is 2.72. The summed E-state index contributed by atoms with van der Waals surface area (Å²) in [5.41, 5.74) is 2.98. The Kier molecular flexibility index (Phi) is 8.86. The molecule has 0 aromatic heterocycles. The Bertz CT molecular complexity index is 1070. The molecule has 0 aliphatic heterocycles. The number of halogens is 1. The zero-order valence-electron chi connectivity index (χ0n) is 19.1. The second kappa shape index (κ2) is 11.0. The molecule has 0 unspecified atom stereocenters. The van der Waals surface area contributed by atoms with Gasteiger partial charge < -0.3 is 10.2 Å². The fourth-order valence-electron chi connectivity index (χ4n) is 3.29. The number of rotatable bonds is 9. The van der Waals surface area contributed by atoms with Gasteiger partial charge in [0.05, 0.1) is 11.9 Å². The first-order valence-electron chi connectivity index (χ1n) is 10.3. The molecule has 0 aliphatic rings. The van der Waals surface area contributed by atoms with E-state index in [1.807, 2.05) is 44.2 Å². The van der Waals surface area contributed by atoms with E-state index in [2.05, 4.69) is 21.2 Å². The predicted molar refractivity (Wildman–Crippen MR) is 131 cm³/mol. The highest BCUT2D eigenvalue weighted by atomic mass is 79.9. The van der Waals surface area contributed by atoms with Gasteiger partial charge in [0, 0.05) is 17.6 Å². The Labute approximate surface area is 199 Å². The summed E-state index contributed by atoms with van der Waals surface area (Å²) in [5.74, 6) is -0.756. The smallest absolute Gasteiger partial charge is 0.244 e. The summed E-state index contributed by atoms with van der Waals surface area (Å²) in [7, 11) is -3.74. The first-order valence-corrected chi connectivity index (χ1v) is 12.9. The Hall–Kier alpha value is -2.39. The number of carbonyl (C=O) groups excluding carboxylic acids is 2. The topological polar surface area (TPSA) is 86.8 Å². The second-order valence-electron chi connectivity index (χ2n) is 7.71. The number of sulfonamides is 1. The Balaban J connectivity index is 2.42. The van der Waals surface area contributed by atoms with E-state index in [0.717, 1.165) is 31.7 Å². The maximum absolute atomic E-state index is 13.4. The van der Waals surface area contributed by atoms with E-state index in [0.29, 0.717) is 12.2 Å². The number of amides is 2. The van der Waals surface area contributed by atoms with Crippen molar-refractivity contribution in [3.63, 3.8) is 0 Å². The molecule has 2 aromatic carbocycles. The van der Waals surface area contributed by atoms with E-state index in [4.69, 9.17) is 0 Å². The number of hydrogen-bond donors (Lipinski definition) is 1. The molecule has 2 amide bonds. The van der Waals surface area contributed by atoms with Crippen LogP contribution >= 0.6 is 15.9 Å². The van der Waals surface area contributed by atoms with Gasteiger partial charge in [-0.3, -0.25) is 13.9 Å². The number of anilines is 1. The van der Waals surface area contributed by atoms with Crippen LogP contribution < -0.4 is 9.62 Å². The monoisotopic (exact) mass is 523 g/mol. The molecule has 0 aliphatic carbocycles. The van der Waals surface area contributed by atoms with E-state index in [9.17, 15) is 18.0 Å². The summed E-state index contributed by atoms with van der Waals surface area (Å²) >= 11 is 3.39. The molecule has 1 atom stereocenters. The van der Waals surface area contributed by atoms with Gasteiger partial charge in [0.15, 0.2) is 0 Å². The van der Waals surface area contributed by atoms with Crippen molar-refractivity contribution < 1.29 is 18.0 Å². The van der Waals surface area contributed by atoms with Gasteiger partial charge in [-0.15, -0.1) is 0 Å². The van der Waals surface area contributed by atoms with Gasteiger partial charge in [0.2, 0.25) is 21.8 Å². The lowest BCUT2D eigenvalue weighted by Crippen LogP contribution is -2.51. The third-order valence-corrected chi connectivity index (χ3v) is 6.96. The number of likely N-dealkylation sites (N-methyl/N-ethyl adjacent to an activating group) is 1. The van der Waals surface area contributed by atoms with Crippen molar-refractivity contribution in [2.24, 2.45) is 0 Å². The first kappa shape index (κ1) is 25.9. The van der Waals surface area contributed by atoms with Crippen LogP contribution in [0.15, 0.2) is 46.9 Å². The van der Waals surface area contributed by atoms with Gasteiger partial charge in [-0.1, -0.05) is 40.2 Å². The molecule has 7 nitrogen and oxygen atoms in total. The minimum Gasteiger partial charge on any atom is -0.355 e. The van der Waals surface area contributed by atoms with Crippen LogP contribution in [0.1, 0.15) is 30.5 Å². The zero-order chi connectivity index (χ0) is 24.1. The van der Waals surface area contributed by atoms with E-state index in [1.165, 1.54) is 4.90 Å². The summed E-state index contributed by atoms with van der Waals surface area (Å²) in [6.45, 7) is 7.36. The van der Waals surface area contributed by atoms with Crippen LogP contribution in [-0.4, -0.2) is 50.5 Å². The third-order valence-electron chi connectivity index (χ3n) is 5.31. The number of benzene rings is 2. The molecule has 0 fully saturated rings. The van der Waals surface area contributed by atoms with E-state index in [1.54, 1.807) is 26.0 Å². The van der Waals surface area contributed by atoms with Gasteiger partial charge in [0.1, 0.15) is 12.6 Å². The Morgan fingerprint density at radius 3 is 2.28 bits per heavy atom. The molecular formula is C23H30BrN3O4S. The summed E-state index contributed by atoms with van der Waals surface area (Å²) in [5, 5.41) is 2.74. The van der Waals surface area contributed by atoms with Crippen molar-refractivity contribution in [1.29, 1.82) is 0 Å². The molecule has 0 bridgehead atoms. The summed E-state index contributed by atoms with van der Waals surface area (Å²) in [6.07, 6.45) is 1.08. The number of nitrogens with one attached hydrogen (secondary N) is 1. The fraction of sp³-hybridized carbons (Fsp3) is 0.391.